The van der Waals surface area contributed by atoms with Gasteiger partial charge in [-0.3, -0.25) is 14.2 Å². The van der Waals surface area contributed by atoms with Crippen molar-refractivity contribution < 1.29 is 4.79 Å². The number of carbonyl (C=O) groups is 1. The highest BCUT2D eigenvalue weighted by Crippen LogP contribution is 2.24. The van der Waals surface area contributed by atoms with E-state index < -0.39 is 0 Å². The van der Waals surface area contributed by atoms with Crippen LogP contribution in [0.25, 0.3) is 22.2 Å². The van der Waals surface area contributed by atoms with Gasteiger partial charge in [-0.05, 0) is 55.2 Å². The number of nitrogens with one attached hydrogen (secondary N) is 1. The van der Waals surface area contributed by atoms with Crippen LogP contribution in [0.4, 0.5) is 11.5 Å². The number of piperidine rings is 1. The number of anilines is 2. The molecule has 8 nitrogen and oxygen atoms in total. The van der Waals surface area contributed by atoms with Gasteiger partial charge in [-0.1, -0.05) is 31.2 Å². The van der Waals surface area contributed by atoms with Crippen LogP contribution in [0.1, 0.15) is 26.2 Å². The van der Waals surface area contributed by atoms with Crippen molar-refractivity contribution in [3.63, 3.8) is 0 Å². The highest BCUT2D eigenvalue weighted by molar-refractivity contribution is 5.91. The molecule has 3 heterocycles. The van der Waals surface area contributed by atoms with E-state index in [4.69, 9.17) is 0 Å². The number of fused-ring (bicyclic) bond motifs is 1. The Morgan fingerprint density at radius 3 is 2.51 bits per heavy atom. The molecule has 0 saturated carbocycles. The maximum Gasteiger partial charge on any atom is 0.261 e. The second kappa shape index (κ2) is 10.0. The number of para-hydroxylation sites is 1. The van der Waals surface area contributed by atoms with Gasteiger partial charge in [0.25, 0.3) is 5.56 Å². The first-order valence-electron chi connectivity index (χ1n) is 12.0. The molecule has 0 spiro atoms. The van der Waals surface area contributed by atoms with E-state index in [9.17, 15) is 9.59 Å². The maximum atomic E-state index is 12.6. The average Bonchev–Trinajstić information content (AvgIpc) is 2.89. The van der Waals surface area contributed by atoms with Gasteiger partial charge in [-0.2, -0.15) is 0 Å². The molecule has 2 aromatic heterocycles. The largest absolute Gasteiger partial charge is 0.355 e. The smallest absolute Gasteiger partial charge is 0.261 e. The summed E-state index contributed by atoms with van der Waals surface area (Å²) in [5.41, 5.74) is 2.92. The van der Waals surface area contributed by atoms with E-state index in [1.54, 1.807) is 18.2 Å². The normalized spacial score (nSPS) is 14.3. The van der Waals surface area contributed by atoms with E-state index in [1.807, 2.05) is 42.5 Å². The van der Waals surface area contributed by atoms with Crippen molar-refractivity contribution in [2.45, 2.75) is 32.7 Å². The summed E-state index contributed by atoms with van der Waals surface area (Å²) >= 11 is 0. The monoisotopic (exact) mass is 468 g/mol. The van der Waals surface area contributed by atoms with Crippen LogP contribution in [0.15, 0.2) is 71.8 Å². The zero-order chi connectivity index (χ0) is 24.2. The van der Waals surface area contributed by atoms with Gasteiger partial charge in [-0.25, -0.2) is 4.98 Å². The molecule has 8 heteroatoms. The molecule has 1 saturated heterocycles. The number of aryl methyl sites for hydroxylation is 1. The predicted octanol–water partition coefficient (Wildman–Crippen LogP) is 4.12. The molecule has 178 valence electrons. The van der Waals surface area contributed by atoms with Crippen molar-refractivity contribution in [2.75, 3.05) is 23.3 Å². The third kappa shape index (κ3) is 5.21. The third-order valence-electron chi connectivity index (χ3n) is 6.53. The van der Waals surface area contributed by atoms with Crippen LogP contribution < -0.4 is 15.8 Å². The summed E-state index contributed by atoms with van der Waals surface area (Å²) in [4.78, 5) is 31.6. The van der Waals surface area contributed by atoms with E-state index in [0.717, 1.165) is 36.1 Å². The van der Waals surface area contributed by atoms with Crippen LogP contribution in [0.3, 0.4) is 0 Å². The highest BCUT2D eigenvalue weighted by Gasteiger charge is 2.17. The van der Waals surface area contributed by atoms with Crippen molar-refractivity contribution in [1.82, 2.24) is 19.7 Å². The van der Waals surface area contributed by atoms with Crippen molar-refractivity contribution in [3.8, 4) is 11.3 Å². The number of benzene rings is 2. The highest BCUT2D eigenvalue weighted by atomic mass is 16.2. The summed E-state index contributed by atoms with van der Waals surface area (Å²) in [7, 11) is 0. The summed E-state index contributed by atoms with van der Waals surface area (Å²) in [5, 5.41) is 12.3. The number of amides is 1. The minimum Gasteiger partial charge on any atom is -0.355 e. The van der Waals surface area contributed by atoms with Crippen LogP contribution >= 0.6 is 0 Å². The van der Waals surface area contributed by atoms with Gasteiger partial charge in [-0.15, -0.1) is 10.2 Å². The summed E-state index contributed by atoms with van der Waals surface area (Å²) in [6, 6.07) is 18.7. The lowest BCUT2D eigenvalue weighted by Crippen LogP contribution is -2.33. The van der Waals surface area contributed by atoms with Gasteiger partial charge < -0.3 is 10.2 Å². The molecule has 1 amide bonds. The molecular formula is C27H28N6O2. The Labute approximate surface area is 203 Å². The fourth-order valence-electron chi connectivity index (χ4n) is 4.32. The molecule has 1 fully saturated rings. The molecule has 0 aliphatic carbocycles. The number of hydrogen-bond donors (Lipinski definition) is 1. The molecule has 5 rings (SSSR count). The van der Waals surface area contributed by atoms with E-state index in [2.05, 4.69) is 32.3 Å². The van der Waals surface area contributed by atoms with Gasteiger partial charge in [0.2, 0.25) is 5.91 Å². The zero-order valence-corrected chi connectivity index (χ0v) is 19.7. The summed E-state index contributed by atoms with van der Waals surface area (Å²) in [6.45, 7) is 4.60. The number of hydrogen-bond acceptors (Lipinski definition) is 6. The molecule has 1 aliphatic heterocycles. The van der Waals surface area contributed by atoms with Gasteiger partial charge in [0.1, 0.15) is 0 Å². The lowest BCUT2D eigenvalue weighted by molar-refractivity contribution is -0.116. The molecule has 35 heavy (non-hydrogen) atoms. The zero-order valence-electron chi connectivity index (χ0n) is 19.7. The predicted molar refractivity (Wildman–Crippen MR) is 137 cm³/mol. The number of rotatable bonds is 6. The van der Waals surface area contributed by atoms with Gasteiger partial charge >= 0.3 is 0 Å². The summed E-state index contributed by atoms with van der Waals surface area (Å²) in [5.74, 6) is 1.53. The van der Waals surface area contributed by atoms with Crippen molar-refractivity contribution in [2.24, 2.45) is 5.92 Å². The minimum absolute atomic E-state index is 0.144. The van der Waals surface area contributed by atoms with Crippen molar-refractivity contribution >= 4 is 28.3 Å². The van der Waals surface area contributed by atoms with Gasteiger partial charge in [0.05, 0.1) is 22.9 Å². The van der Waals surface area contributed by atoms with Crippen LogP contribution in [-0.4, -0.2) is 38.7 Å². The summed E-state index contributed by atoms with van der Waals surface area (Å²) < 4.78 is 1.47. The van der Waals surface area contributed by atoms with E-state index >= 15 is 0 Å². The van der Waals surface area contributed by atoms with E-state index in [-0.39, 0.29) is 24.4 Å². The first kappa shape index (κ1) is 22.7. The van der Waals surface area contributed by atoms with E-state index in [0.29, 0.717) is 16.6 Å². The minimum atomic E-state index is -0.169. The van der Waals surface area contributed by atoms with E-state index in [1.165, 1.54) is 23.7 Å². The average molecular weight is 469 g/mol. The molecule has 0 atom stereocenters. The lowest BCUT2D eigenvalue weighted by atomic mass is 9.99. The van der Waals surface area contributed by atoms with Crippen LogP contribution in [0.5, 0.6) is 0 Å². The van der Waals surface area contributed by atoms with Crippen LogP contribution in [-0.2, 0) is 11.3 Å². The molecule has 0 unspecified atom stereocenters. The number of carbonyl (C=O) groups excluding carboxylic acids is 1. The Bertz CT molecular complexity index is 1370. The Hall–Kier alpha value is -4.07. The van der Waals surface area contributed by atoms with Crippen LogP contribution in [0, 0.1) is 5.92 Å². The van der Waals surface area contributed by atoms with Crippen LogP contribution in [0.2, 0.25) is 0 Å². The Balaban J connectivity index is 1.17. The Morgan fingerprint density at radius 1 is 1.00 bits per heavy atom. The topological polar surface area (TPSA) is 93.0 Å². The molecule has 2 aromatic carbocycles. The number of nitrogens with zero attached hydrogens (tertiary/aromatic N) is 5. The Morgan fingerprint density at radius 2 is 1.77 bits per heavy atom. The number of aromatic nitrogens is 4. The third-order valence-corrected chi connectivity index (χ3v) is 6.53. The van der Waals surface area contributed by atoms with Gasteiger partial charge in [0, 0.05) is 37.3 Å². The maximum absolute atomic E-state index is 12.6. The first-order chi connectivity index (χ1) is 17.1. The lowest BCUT2D eigenvalue weighted by Gasteiger charge is -2.30. The fourth-order valence-corrected chi connectivity index (χ4v) is 4.32. The molecule has 1 N–H and O–H groups in total. The van der Waals surface area contributed by atoms with Crippen molar-refractivity contribution in [1.29, 1.82) is 0 Å². The van der Waals surface area contributed by atoms with Gasteiger partial charge in [0.15, 0.2) is 5.82 Å². The molecule has 1 aliphatic rings. The fraction of sp³-hybridized carbons (Fsp3) is 0.296. The molecule has 4 aromatic rings. The summed E-state index contributed by atoms with van der Waals surface area (Å²) in [6.07, 6.45) is 4.04. The SMILES string of the molecule is CC1CCN(c2ccc(-c3ccc(NC(=O)CCn4cnc5ccccc5c4=O)cc3)nn2)CC1. The van der Waals surface area contributed by atoms with Crippen molar-refractivity contribution in [3.05, 3.63) is 77.3 Å². The molecule has 0 bridgehead atoms. The second-order valence-electron chi connectivity index (χ2n) is 9.08. The second-order valence-corrected chi connectivity index (χ2v) is 9.08. The first-order valence-corrected chi connectivity index (χ1v) is 12.0. The quantitative estimate of drug-likeness (QED) is 0.458. The standard InChI is InChI=1S/C27H28N6O2/c1-19-12-15-32(16-13-19)25-11-10-23(30-31-25)20-6-8-21(9-7-20)29-26(34)14-17-33-18-28-24-5-3-2-4-22(24)27(33)35/h2-11,18-19H,12-17H2,1H3,(H,29,34). The molecular weight excluding hydrogens is 440 g/mol. The molecule has 0 radical (unpaired) electrons. The Kier molecular flexibility index (Phi) is 6.52.